The number of hydrogen-bond acceptors (Lipinski definition) is 4. The number of benzene rings is 2. The summed E-state index contributed by atoms with van der Waals surface area (Å²) >= 11 is 12.9. The normalized spacial score (nSPS) is 15.6. The summed E-state index contributed by atoms with van der Waals surface area (Å²) in [6.07, 6.45) is 1.95. The number of thiocarbonyl (C=S) groups is 1. The minimum absolute atomic E-state index is 0.0134. The van der Waals surface area contributed by atoms with Gasteiger partial charge < -0.3 is 4.90 Å². The van der Waals surface area contributed by atoms with E-state index in [1.54, 1.807) is 12.1 Å². The van der Waals surface area contributed by atoms with Gasteiger partial charge in [-0.3, -0.25) is 14.5 Å². The second-order valence-corrected chi connectivity index (χ2v) is 10.3. The summed E-state index contributed by atoms with van der Waals surface area (Å²) in [7, 11) is 0. The third-order valence-electron chi connectivity index (χ3n) is 4.91. The molecule has 0 bridgehead atoms. The van der Waals surface area contributed by atoms with Gasteiger partial charge in [0, 0.05) is 30.1 Å². The molecule has 2 aromatic rings. The molecule has 0 radical (unpaired) electrons. The first kappa shape index (κ1) is 23.5. The molecule has 1 saturated heterocycles. The fraction of sp³-hybridized carbons (Fsp3) is 0.292. The maximum Gasteiger partial charge on any atom is 0.266 e. The average molecular weight is 473 g/mol. The van der Waals surface area contributed by atoms with Gasteiger partial charge in [0.15, 0.2) is 0 Å². The van der Waals surface area contributed by atoms with Gasteiger partial charge in [0.25, 0.3) is 5.91 Å². The van der Waals surface area contributed by atoms with E-state index < -0.39 is 0 Å². The molecule has 2 amide bonds. The number of carbonyl (C=O) groups excluding carboxylic acids is 2. The van der Waals surface area contributed by atoms with Crippen molar-refractivity contribution in [1.82, 2.24) is 9.80 Å². The maximum absolute atomic E-state index is 13.1. The summed E-state index contributed by atoms with van der Waals surface area (Å²) in [5, 5.41) is 0.574. The van der Waals surface area contributed by atoms with Crippen LogP contribution < -0.4 is 0 Å². The van der Waals surface area contributed by atoms with Gasteiger partial charge in [-0.15, -0.1) is 0 Å². The minimum atomic E-state index is -0.341. The van der Waals surface area contributed by atoms with Crippen LogP contribution in [0.5, 0.6) is 0 Å². The summed E-state index contributed by atoms with van der Waals surface area (Å²) in [4.78, 5) is 29.8. The van der Waals surface area contributed by atoms with E-state index in [0.717, 1.165) is 11.1 Å². The van der Waals surface area contributed by atoms with Crippen molar-refractivity contribution in [2.75, 3.05) is 6.54 Å². The zero-order valence-corrected chi connectivity index (χ0v) is 20.2. The topological polar surface area (TPSA) is 40.6 Å². The Labute approximate surface area is 198 Å². The molecule has 2 aromatic carbocycles. The molecule has 31 heavy (non-hydrogen) atoms. The Morgan fingerprint density at radius 3 is 2.42 bits per heavy atom. The number of rotatable bonds is 6. The summed E-state index contributed by atoms with van der Waals surface area (Å²) in [5.74, 6) is -0.200. The highest BCUT2D eigenvalue weighted by Gasteiger charge is 2.33. The SMILES string of the molecule is CC(C)(C)N(Cc1ccccc1)C(=O)CCN1C(=O)/C(=C/c2ccccc2Cl)SC1=S. The molecule has 0 spiro atoms. The van der Waals surface area contributed by atoms with Crippen molar-refractivity contribution in [3.05, 3.63) is 75.7 Å². The Hall–Kier alpha value is -2.15. The van der Waals surface area contributed by atoms with Crippen molar-refractivity contribution in [2.45, 2.75) is 39.3 Å². The van der Waals surface area contributed by atoms with Crippen LogP contribution in [0, 0.1) is 0 Å². The summed E-state index contributed by atoms with van der Waals surface area (Å²) in [6.45, 7) is 6.82. The van der Waals surface area contributed by atoms with E-state index in [2.05, 4.69) is 0 Å². The van der Waals surface area contributed by atoms with Crippen molar-refractivity contribution in [1.29, 1.82) is 0 Å². The highest BCUT2D eigenvalue weighted by Crippen LogP contribution is 2.34. The molecule has 1 aliphatic heterocycles. The van der Waals surface area contributed by atoms with Gasteiger partial charge in [-0.2, -0.15) is 0 Å². The first-order chi connectivity index (χ1) is 14.7. The highest BCUT2D eigenvalue weighted by atomic mass is 35.5. The van der Waals surface area contributed by atoms with Crippen LogP contribution in [0.2, 0.25) is 5.02 Å². The van der Waals surface area contributed by atoms with Crippen LogP contribution in [0.25, 0.3) is 6.08 Å². The van der Waals surface area contributed by atoms with E-state index in [0.29, 0.717) is 20.8 Å². The summed E-state index contributed by atoms with van der Waals surface area (Å²) in [6, 6.07) is 17.2. The molecule has 162 valence electrons. The van der Waals surface area contributed by atoms with Crippen molar-refractivity contribution >= 4 is 57.8 Å². The molecular formula is C24H25ClN2O2S2. The van der Waals surface area contributed by atoms with E-state index in [4.69, 9.17) is 23.8 Å². The molecule has 0 aromatic heterocycles. The van der Waals surface area contributed by atoms with Crippen molar-refractivity contribution in [3.63, 3.8) is 0 Å². The lowest BCUT2D eigenvalue weighted by Gasteiger charge is -2.36. The van der Waals surface area contributed by atoms with E-state index >= 15 is 0 Å². The molecule has 7 heteroatoms. The fourth-order valence-electron chi connectivity index (χ4n) is 3.23. The van der Waals surface area contributed by atoms with Crippen molar-refractivity contribution in [3.8, 4) is 0 Å². The molecule has 0 aliphatic carbocycles. The van der Waals surface area contributed by atoms with Gasteiger partial charge in [0.05, 0.1) is 4.91 Å². The standard InChI is InChI=1S/C24H25ClN2O2S2/c1-24(2,3)27(16-17-9-5-4-6-10-17)21(28)13-14-26-22(29)20(31-23(26)30)15-18-11-7-8-12-19(18)25/h4-12,15H,13-14,16H2,1-3H3/b20-15-. The highest BCUT2D eigenvalue weighted by molar-refractivity contribution is 8.26. The van der Waals surface area contributed by atoms with Crippen LogP contribution in [0.1, 0.15) is 38.3 Å². The number of carbonyl (C=O) groups is 2. The Morgan fingerprint density at radius 1 is 1.13 bits per heavy atom. The van der Waals surface area contributed by atoms with Gasteiger partial charge in [-0.1, -0.05) is 84.1 Å². The molecular weight excluding hydrogens is 448 g/mol. The zero-order valence-electron chi connectivity index (χ0n) is 17.8. The lowest BCUT2D eigenvalue weighted by molar-refractivity contribution is -0.137. The zero-order chi connectivity index (χ0) is 22.6. The second kappa shape index (κ2) is 9.98. The van der Waals surface area contributed by atoms with E-state index in [1.165, 1.54) is 16.7 Å². The molecule has 4 nitrogen and oxygen atoms in total. The maximum atomic E-state index is 13.1. The number of halogens is 1. The number of amides is 2. The average Bonchev–Trinajstić information content (AvgIpc) is 2.98. The van der Waals surface area contributed by atoms with Crippen LogP contribution in [-0.2, 0) is 16.1 Å². The van der Waals surface area contributed by atoms with E-state index in [-0.39, 0.29) is 30.3 Å². The first-order valence-corrected chi connectivity index (χ1v) is 11.6. The number of hydrogen-bond donors (Lipinski definition) is 0. The predicted octanol–water partition coefficient (Wildman–Crippen LogP) is 5.76. The number of nitrogens with zero attached hydrogens (tertiary/aromatic N) is 2. The monoisotopic (exact) mass is 472 g/mol. The van der Waals surface area contributed by atoms with Crippen LogP contribution in [0.15, 0.2) is 59.5 Å². The Bertz CT molecular complexity index is 1020. The third kappa shape index (κ3) is 5.97. The van der Waals surface area contributed by atoms with E-state index in [9.17, 15) is 9.59 Å². The Balaban J connectivity index is 1.69. The molecule has 0 atom stereocenters. The van der Waals surface area contributed by atoms with Crippen LogP contribution in [0.4, 0.5) is 0 Å². The van der Waals surface area contributed by atoms with Gasteiger partial charge >= 0.3 is 0 Å². The smallest absolute Gasteiger partial charge is 0.266 e. The largest absolute Gasteiger partial charge is 0.333 e. The van der Waals surface area contributed by atoms with Crippen LogP contribution in [0.3, 0.4) is 0 Å². The van der Waals surface area contributed by atoms with Gasteiger partial charge in [0.2, 0.25) is 5.91 Å². The van der Waals surface area contributed by atoms with Gasteiger partial charge in [0.1, 0.15) is 4.32 Å². The lowest BCUT2D eigenvalue weighted by Crippen LogP contribution is -2.46. The van der Waals surface area contributed by atoms with Crippen LogP contribution >= 0.6 is 35.6 Å². The molecule has 0 saturated carbocycles. The van der Waals surface area contributed by atoms with Crippen molar-refractivity contribution in [2.24, 2.45) is 0 Å². The first-order valence-electron chi connectivity index (χ1n) is 10.0. The summed E-state index contributed by atoms with van der Waals surface area (Å²) in [5.41, 5.74) is 1.49. The molecule has 1 fully saturated rings. The van der Waals surface area contributed by atoms with Gasteiger partial charge in [-0.25, -0.2) is 0 Å². The second-order valence-electron chi connectivity index (χ2n) is 8.24. The van der Waals surface area contributed by atoms with Gasteiger partial charge in [-0.05, 0) is 44.0 Å². The molecule has 3 rings (SSSR count). The van der Waals surface area contributed by atoms with Crippen LogP contribution in [-0.4, -0.2) is 38.0 Å². The Kier molecular flexibility index (Phi) is 7.57. The predicted molar refractivity (Wildman–Crippen MR) is 133 cm³/mol. The quantitative estimate of drug-likeness (QED) is 0.396. The molecule has 0 unspecified atom stereocenters. The fourth-order valence-corrected chi connectivity index (χ4v) is 4.72. The molecule has 1 heterocycles. The lowest BCUT2D eigenvalue weighted by atomic mass is 10.0. The minimum Gasteiger partial charge on any atom is -0.333 e. The Morgan fingerprint density at radius 2 is 1.77 bits per heavy atom. The third-order valence-corrected chi connectivity index (χ3v) is 6.63. The summed E-state index contributed by atoms with van der Waals surface area (Å²) < 4.78 is 0.460. The molecule has 1 aliphatic rings. The number of thioether (sulfide) groups is 1. The molecule has 0 N–H and O–H groups in total. The van der Waals surface area contributed by atoms with Crippen molar-refractivity contribution < 1.29 is 9.59 Å². The van der Waals surface area contributed by atoms with E-state index in [1.807, 2.05) is 74.2 Å².